The van der Waals surface area contributed by atoms with Crippen molar-refractivity contribution in [2.75, 3.05) is 12.4 Å². The van der Waals surface area contributed by atoms with Gasteiger partial charge in [0.25, 0.3) is 0 Å². The van der Waals surface area contributed by atoms with Crippen LogP contribution in [0.3, 0.4) is 0 Å². The summed E-state index contributed by atoms with van der Waals surface area (Å²) in [4.78, 5) is 4.33. The van der Waals surface area contributed by atoms with Gasteiger partial charge in [-0.2, -0.15) is 5.26 Å². The van der Waals surface area contributed by atoms with Gasteiger partial charge in [-0.05, 0) is 55.0 Å². The molecule has 26 heavy (non-hydrogen) atoms. The lowest BCUT2D eigenvalue weighted by atomic mass is 10.1. The highest BCUT2D eigenvalue weighted by Gasteiger charge is 2.09. The quantitative estimate of drug-likeness (QED) is 0.676. The smallest absolute Gasteiger partial charge is 0.141 e. The molecule has 0 aliphatic rings. The molecule has 1 heterocycles. The summed E-state index contributed by atoms with van der Waals surface area (Å²) in [6.07, 6.45) is 0. The lowest BCUT2D eigenvalue weighted by Crippen LogP contribution is -2.02. The minimum atomic E-state index is 0.373. The molecule has 0 saturated heterocycles. The van der Waals surface area contributed by atoms with Gasteiger partial charge in [-0.3, -0.25) is 0 Å². The Morgan fingerprint density at radius 2 is 1.96 bits per heavy atom. The average molecular weight is 364 g/mol. The fourth-order valence-electron chi connectivity index (χ4n) is 2.72. The Kier molecular flexibility index (Phi) is 5.40. The van der Waals surface area contributed by atoms with Gasteiger partial charge < -0.3 is 10.1 Å². The van der Waals surface area contributed by atoms with Gasteiger partial charge in [0, 0.05) is 28.9 Å². The van der Waals surface area contributed by atoms with E-state index in [1.807, 2.05) is 62.5 Å². The third kappa shape index (κ3) is 3.79. The molecule has 0 aliphatic carbocycles. The van der Waals surface area contributed by atoms with Gasteiger partial charge in [0.2, 0.25) is 0 Å². The number of anilines is 1. The molecular weight excluding hydrogens is 346 g/mol. The summed E-state index contributed by atoms with van der Waals surface area (Å²) < 4.78 is 5.98. The first-order valence-electron chi connectivity index (χ1n) is 8.18. The molecule has 2 aromatic carbocycles. The van der Waals surface area contributed by atoms with E-state index in [4.69, 9.17) is 21.6 Å². The predicted molar refractivity (Wildman–Crippen MR) is 104 cm³/mol. The molecule has 0 spiro atoms. The molecule has 1 N–H and O–H groups in total. The van der Waals surface area contributed by atoms with E-state index in [0.29, 0.717) is 17.3 Å². The molecule has 3 aromatic rings. The molecule has 130 valence electrons. The molecule has 0 radical (unpaired) electrons. The number of pyridine rings is 1. The zero-order valence-corrected chi connectivity index (χ0v) is 15.3. The monoisotopic (exact) mass is 363 g/mol. The first-order valence-corrected chi connectivity index (χ1v) is 8.56. The van der Waals surface area contributed by atoms with Gasteiger partial charge in [0.05, 0.1) is 5.69 Å². The van der Waals surface area contributed by atoms with Crippen molar-refractivity contribution in [3.8, 4) is 23.1 Å². The van der Waals surface area contributed by atoms with Crippen molar-refractivity contribution in [1.29, 1.82) is 5.26 Å². The first-order chi connectivity index (χ1) is 12.6. The maximum absolute atomic E-state index is 9.00. The summed E-state index contributed by atoms with van der Waals surface area (Å²) in [6, 6.07) is 19.1. The Hall–Kier alpha value is -3.03. The number of benzene rings is 2. The molecule has 0 amide bonds. The third-order valence-electron chi connectivity index (χ3n) is 4.09. The highest BCUT2D eigenvalue weighted by atomic mass is 35.5. The van der Waals surface area contributed by atoms with Crippen LogP contribution in [0.2, 0.25) is 5.02 Å². The molecular formula is C21H18ClN3O. The second-order valence-corrected chi connectivity index (χ2v) is 6.21. The van der Waals surface area contributed by atoms with E-state index < -0.39 is 0 Å². The van der Waals surface area contributed by atoms with Crippen molar-refractivity contribution >= 4 is 17.3 Å². The van der Waals surface area contributed by atoms with E-state index in [9.17, 15) is 0 Å². The fraction of sp³-hybridized carbons (Fsp3) is 0.143. The predicted octanol–water partition coefficient (Wildman–Crippen LogP) is 5.20. The number of nitriles is 1. The van der Waals surface area contributed by atoms with Crippen LogP contribution in [0, 0.1) is 18.3 Å². The zero-order valence-electron chi connectivity index (χ0n) is 14.6. The number of ether oxygens (including phenoxy) is 1. The van der Waals surface area contributed by atoms with Crippen LogP contribution in [-0.4, -0.2) is 12.0 Å². The number of hydrogen-bond acceptors (Lipinski definition) is 4. The van der Waals surface area contributed by atoms with E-state index in [1.54, 1.807) is 6.07 Å². The summed E-state index contributed by atoms with van der Waals surface area (Å²) in [6.45, 7) is 2.36. The van der Waals surface area contributed by atoms with E-state index in [-0.39, 0.29) is 0 Å². The normalized spacial score (nSPS) is 10.2. The molecule has 5 heteroatoms. The lowest BCUT2D eigenvalue weighted by Gasteiger charge is -2.14. The minimum Gasteiger partial charge on any atom is -0.488 e. The maximum atomic E-state index is 9.00. The van der Waals surface area contributed by atoms with Crippen LogP contribution in [0.5, 0.6) is 5.75 Å². The Morgan fingerprint density at radius 1 is 1.15 bits per heavy atom. The molecule has 0 bridgehead atoms. The summed E-state index contributed by atoms with van der Waals surface area (Å²) in [7, 11) is 1.86. The van der Waals surface area contributed by atoms with Crippen molar-refractivity contribution in [3.63, 3.8) is 0 Å². The molecule has 0 atom stereocenters. The van der Waals surface area contributed by atoms with Gasteiger partial charge >= 0.3 is 0 Å². The number of aromatic nitrogens is 1. The van der Waals surface area contributed by atoms with Crippen LogP contribution in [0.1, 0.15) is 16.8 Å². The number of halogens is 1. The number of rotatable bonds is 5. The minimum absolute atomic E-state index is 0.373. The standard InChI is InChI=1S/C21H18ClN3O/c1-14-11-15(19-7-3-5-16(12-23)25-19)9-10-21(14)26-13-17-18(22)6-4-8-20(17)24-2/h3-11,24H,13H2,1-2H3. The molecule has 0 aliphatic heterocycles. The number of hydrogen-bond donors (Lipinski definition) is 1. The third-order valence-corrected chi connectivity index (χ3v) is 4.45. The number of aryl methyl sites for hydroxylation is 1. The van der Waals surface area contributed by atoms with E-state index in [2.05, 4.69) is 16.4 Å². The highest BCUT2D eigenvalue weighted by Crippen LogP contribution is 2.29. The number of nitrogens with one attached hydrogen (secondary N) is 1. The van der Waals surface area contributed by atoms with Crippen molar-refractivity contribution in [2.45, 2.75) is 13.5 Å². The average Bonchev–Trinajstić information content (AvgIpc) is 2.67. The molecule has 0 saturated carbocycles. The number of nitrogens with zero attached hydrogens (tertiary/aromatic N) is 2. The summed E-state index contributed by atoms with van der Waals surface area (Å²) >= 11 is 6.29. The van der Waals surface area contributed by atoms with Crippen LogP contribution in [-0.2, 0) is 6.61 Å². The van der Waals surface area contributed by atoms with Gasteiger partial charge in [-0.1, -0.05) is 23.7 Å². The van der Waals surface area contributed by atoms with Gasteiger partial charge in [-0.15, -0.1) is 0 Å². The van der Waals surface area contributed by atoms with Gasteiger partial charge in [0.1, 0.15) is 24.1 Å². The van der Waals surface area contributed by atoms with Crippen LogP contribution < -0.4 is 10.1 Å². The summed E-state index contributed by atoms with van der Waals surface area (Å²) in [5.74, 6) is 0.784. The first kappa shape index (κ1) is 17.8. The van der Waals surface area contributed by atoms with E-state index in [1.165, 1.54) is 0 Å². The van der Waals surface area contributed by atoms with Crippen molar-refractivity contribution in [2.24, 2.45) is 0 Å². The second kappa shape index (κ2) is 7.90. The molecule has 3 rings (SSSR count). The fourth-order valence-corrected chi connectivity index (χ4v) is 2.95. The van der Waals surface area contributed by atoms with Crippen LogP contribution in [0.4, 0.5) is 5.69 Å². The Morgan fingerprint density at radius 3 is 2.69 bits per heavy atom. The Labute approximate surface area is 158 Å². The largest absolute Gasteiger partial charge is 0.488 e. The van der Waals surface area contributed by atoms with Crippen LogP contribution in [0.25, 0.3) is 11.3 Å². The van der Waals surface area contributed by atoms with Gasteiger partial charge in [-0.25, -0.2) is 4.98 Å². The topological polar surface area (TPSA) is 57.9 Å². The highest BCUT2D eigenvalue weighted by molar-refractivity contribution is 6.31. The molecule has 4 nitrogen and oxygen atoms in total. The van der Waals surface area contributed by atoms with Crippen molar-refractivity contribution < 1.29 is 4.74 Å². The van der Waals surface area contributed by atoms with E-state index in [0.717, 1.165) is 33.8 Å². The Bertz CT molecular complexity index is 979. The second-order valence-electron chi connectivity index (χ2n) is 5.80. The lowest BCUT2D eigenvalue weighted by molar-refractivity contribution is 0.305. The van der Waals surface area contributed by atoms with E-state index >= 15 is 0 Å². The maximum Gasteiger partial charge on any atom is 0.141 e. The summed E-state index contributed by atoms with van der Waals surface area (Å²) in [5, 5.41) is 12.8. The summed E-state index contributed by atoms with van der Waals surface area (Å²) in [5.41, 5.74) is 4.97. The SMILES string of the molecule is CNc1cccc(Cl)c1COc1ccc(-c2cccc(C#N)n2)cc1C. The zero-order chi connectivity index (χ0) is 18.5. The van der Waals surface area contributed by atoms with Crippen LogP contribution in [0.15, 0.2) is 54.6 Å². The Balaban J connectivity index is 1.82. The van der Waals surface area contributed by atoms with Crippen LogP contribution >= 0.6 is 11.6 Å². The van der Waals surface area contributed by atoms with Crippen molar-refractivity contribution in [3.05, 3.63) is 76.4 Å². The van der Waals surface area contributed by atoms with Gasteiger partial charge in [0.15, 0.2) is 0 Å². The molecule has 1 aromatic heterocycles. The molecule has 0 unspecified atom stereocenters. The van der Waals surface area contributed by atoms with Crippen molar-refractivity contribution in [1.82, 2.24) is 4.98 Å². The molecule has 0 fully saturated rings.